The minimum Gasteiger partial charge on any atom is -0.479 e. The van der Waals surface area contributed by atoms with E-state index in [2.05, 4.69) is 5.32 Å². The molecule has 0 rings (SSSR count). The first kappa shape index (κ1) is 12.4. The van der Waals surface area contributed by atoms with Crippen molar-refractivity contribution < 1.29 is 14.6 Å². The molecule has 13 heavy (non-hydrogen) atoms. The number of carboxylic acids is 1. The molecule has 0 aromatic carbocycles. The number of aliphatic carboxylic acids is 1. The van der Waals surface area contributed by atoms with E-state index in [1.165, 1.54) is 0 Å². The summed E-state index contributed by atoms with van der Waals surface area (Å²) in [6, 6.07) is 0.411. The Balaban J connectivity index is 3.44. The lowest BCUT2D eigenvalue weighted by atomic mass is 10.3. The zero-order chi connectivity index (χ0) is 10.3. The molecule has 78 valence electrons. The maximum atomic E-state index is 10.5. The maximum Gasteiger partial charge on any atom is 0.332 e. The topological polar surface area (TPSA) is 58.6 Å². The molecule has 1 unspecified atom stereocenters. The minimum absolute atomic E-state index is 0.411. The van der Waals surface area contributed by atoms with Crippen molar-refractivity contribution in [1.82, 2.24) is 5.32 Å². The van der Waals surface area contributed by atoms with E-state index in [9.17, 15) is 4.79 Å². The Kier molecular flexibility index (Phi) is 6.54. The standard InChI is InChI=1S/C9H19NO3/c1-4-8(9(11)12)13-6-5-10-7(2)3/h7-8,10H,4-6H2,1-3H3,(H,11,12). The van der Waals surface area contributed by atoms with Crippen LogP contribution in [0.15, 0.2) is 0 Å². The summed E-state index contributed by atoms with van der Waals surface area (Å²) < 4.78 is 5.14. The van der Waals surface area contributed by atoms with Gasteiger partial charge in [0.05, 0.1) is 6.61 Å². The van der Waals surface area contributed by atoms with Crippen molar-refractivity contribution in [1.29, 1.82) is 0 Å². The average Bonchev–Trinajstić information content (AvgIpc) is 2.03. The molecule has 0 amide bonds. The van der Waals surface area contributed by atoms with Crippen LogP contribution in [0.3, 0.4) is 0 Å². The van der Waals surface area contributed by atoms with Gasteiger partial charge >= 0.3 is 5.97 Å². The first-order valence-corrected chi connectivity index (χ1v) is 4.65. The Morgan fingerprint density at radius 1 is 1.54 bits per heavy atom. The third kappa shape index (κ3) is 6.54. The van der Waals surface area contributed by atoms with E-state index >= 15 is 0 Å². The molecule has 4 heteroatoms. The second-order valence-corrected chi connectivity index (χ2v) is 3.21. The fourth-order valence-electron chi connectivity index (χ4n) is 0.913. The van der Waals surface area contributed by atoms with Crippen molar-refractivity contribution in [2.45, 2.75) is 39.3 Å². The fourth-order valence-corrected chi connectivity index (χ4v) is 0.913. The van der Waals surface area contributed by atoms with Crippen molar-refractivity contribution in [2.75, 3.05) is 13.2 Å². The molecule has 0 fully saturated rings. The van der Waals surface area contributed by atoms with Gasteiger partial charge in [-0.05, 0) is 6.42 Å². The van der Waals surface area contributed by atoms with Gasteiger partial charge in [-0.2, -0.15) is 0 Å². The molecule has 0 bridgehead atoms. The molecule has 0 saturated carbocycles. The molecule has 0 saturated heterocycles. The van der Waals surface area contributed by atoms with Gasteiger partial charge < -0.3 is 15.2 Å². The van der Waals surface area contributed by atoms with E-state index in [1.807, 2.05) is 13.8 Å². The molecular weight excluding hydrogens is 170 g/mol. The lowest BCUT2D eigenvalue weighted by Crippen LogP contribution is -2.30. The van der Waals surface area contributed by atoms with Crippen molar-refractivity contribution >= 4 is 5.97 Å². The number of hydrogen-bond acceptors (Lipinski definition) is 3. The highest BCUT2D eigenvalue weighted by Crippen LogP contribution is 1.96. The Hall–Kier alpha value is -0.610. The summed E-state index contributed by atoms with van der Waals surface area (Å²) in [6.07, 6.45) is -0.147. The monoisotopic (exact) mass is 189 g/mol. The number of nitrogens with one attached hydrogen (secondary N) is 1. The normalized spacial score (nSPS) is 13.2. The van der Waals surface area contributed by atoms with E-state index < -0.39 is 12.1 Å². The average molecular weight is 189 g/mol. The molecule has 0 heterocycles. The summed E-state index contributed by atoms with van der Waals surface area (Å²) in [7, 11) is 0. The Morgan fingerprint density at radius 2 is 2.15 bits per heavy atom. The van der Waals surface area contributed by atoms with Crippen LogP contribution in [-0.2, 0) is 9.53 Å². The van der Waals surface area contributed by atoms with Crippen LogP contribution < -0.4 is 5.32 Å². The molecule has 1 atom stereocenters. The van der Waals surface area contributed by atoms with Gasteiger partial charge in [0.25, 0.3) is 0 Å². The highest BCUT2D eigenvalue weighted by Gasteiger charge is 2.14. The highest BCUT2D eigenvalue weighted by molar-refractivity contribution is 5.72. The van der Waals surface area contributed by atoms with Gasteiger partial charge in [0, 0.05) is 12.6 Å². The summed E-state index contributed by atoms with van der Waals surface area (Å²) >= 11 is 0. The van der Waals surface area contributed by atoms with E-state index in [0.717, 1.165) is 0 Å². The fraction of sp³-hybridized carbons (Fsp3) is 0.889. The molecule has 0 aromatic rings. The number of hydrogen-bond donors (Lipinski definition) is 2. The molecule has 4 nitrogen and oxygen atoms in total. The third-order valence-electron chi connectivity index (χ3n) is 1.62. The maximum absolute atomic E-state index is 10.5. The first-order valence-electron chi connectivity index (χ1n) is 4.65. The van der Waals surface area contributed by atoms with Crippen LogP contribution in [0.25, 0.3) is 0 Å². The van der Waals surface area contributed by atoms with Gasteiger partial charge in [-0.25, -0.2) is 4.79 Å². The molecule has 0 radical (unpaired) electrons. The van der Waals surface area contributed by atoms with Crippen molar-refractivity contribution in [3.8, 4) is 0 Å². The van der Waals surface area contributed by atoms with E-state index in [-0.39, 0.29) is 0 Å². The summed E-state index contributed by atoms with van der Waals surface area (Å²) in [5.74, 6) is -0.882. The Labute approximate surface area is 79.3 Å². The van der Waals surface area contributed by atoms with Crippen LogP contribution in [0.5, 0.6) is 0 Å². The second-order valence-electron chi connectivity index (χ2n) is 3.21. The zero-order valence-corrected chi connectivity index (χ0v) is 8.54. The van der Waals surface area contributed by atoms with Crippen molar-refractivity contribution in [3.05, 3.63) is 0 Å². The summed E-state index contributed by atoms with van der Waals surface area (Å²) in [5.41, 5.74) is 0. The van der Waals surface area contributed by atoms with Gasteiger partial charge in [-0.15, -0.1) is 0 Å². The lowest BCUT2D eigenvalue weighted by molar-refractivity contribution is -0.150. The van der Waals surface area contributed by atoms with Gasteiger partial charge in [-0.3, -0.25) is 0 Å². The van der Waals surface area contributed by atoms with Crippen LogP contribution in [0, 0.1) is 0 Å². The van der Waals surface area contributed by atoms with Crippen molar-refractivity contribution in [3.63, 3.8) is 0 Å². The predicted molar refractivity (Wildman–Crippen MR) is 50.8 cm³/mol. The number of carboxylic acid groups (broad SMARTS) is 1. The first-order chi connectivity index (χ1) is 6.07. The van der Waals surface area contributed by atoms with Crippen LogP contribution in [0.2, 0.25) is 0 Å². The molecule has 0 aliphatic carbocycles. The van der Waals surface area contributed by atoms with Gasteiger partial charge in [0.2, 0.25) is 0 Å². The summed E-state index contributed by atoms with van der Waals surface area (Å²) in [4.78, 5) is 10.5. The number of rotatable bonds is 7. The molecule has 0 spiro atoms. The molecule has 2 N–H and O–H groups in total. The Bertz CT molecular complexity index is 148. The van der Waals surface area contributed by atoms with Gasteiger partial charge in [0.1, 0.15) is 0 Å². The molecule has 0 aliphatic rings. The van der Waals surface area contributed by atoms with Crippen LogP contribution in [0.4, 0.5) is 0 Å². The second kappa shape index (κ2) is 6.86. The zero-order valence-electron chi connectivity index (χ0n) is 8.54. The van der Waals surface area contributed by atoms with Gasteiger partial charge in [0.15, 0.2) is 6.10 Å². The lowest BCUT2D eigenvalue weighted by Gasteiger charge is -2.12. The van der Waals surface area contributed by atoms with E-state index in [1.54, 1.807) is 6.92 Å². The van der Waals surface area contributed by atoms with Crippen molar-refractivity contribution in [2.24, 2.45) is 0 Å². The highest BCUT2D eigenvalue weighted by atomic mass is 16.5. The van der Waals surface area contributed by atoms with Gasteiger partial charge in [-0.1, -0.05) is 20.8 Å². The minimum atomic E-state index is -0.882. The van der Waals surface area contributed by atoms with Crippen LogP contribution in [0.1, 0.15) is 27.2 Å². The van der Waals surface area contributed by atoms with Crippen LogP contribution in [-0.4, -0.2) is 36.4 Å². The molecular formula is C9H19NO3. The molecule has 0 aliphatic heterocycles. The number of carbonyl (C=O) groups is 1. The smallest absolute Gasteiger partial charge is 0.332 e. The largest absolute Gasteiger partial charge is 0.479 e. The summed E-state index contributed by atoms with van der Waals surface area (Å²) in [5, 5.41) is 11.8. The predicted octanol–water partition coefficient (Wildman–Crippen LogP) is 0.864. The number of ether oxygens (including phenoxy) is 1. The van der Waals surface area contributed by atoms with Crippen LogP contribution >= 0.6 is 0 Å². The SMILES string of the molecule is CCC(OCCNC(C)C)C(=O)O. The quantitative estimate of drug-likeness (QED) is 0.583. The molecule has 0 aromatic heterocycles. The third-order valence-corrected chi connectivity index (χ3v) is 1.62. The van der Waals surface area contributed by atoms with E-state index in [4.69, 9.17) is 9.84 Å². The Morgan fingerprint density at radius 3 is 2.54 bits per heavy atom. The summed E-state index contributed by atoms with van der Waals surface area (Å²) in [6.45, 7) is 7.02. The van der Waals surface area contributed by atoms with E-state index in [0.29, 0.717) is 25.6 Å².